The third kappa shape index (κ3) is 1.80. The summed E-state index contributed by atoms with van der Waals surface area (Å²) in [6.45, 7) is 4.27. The third-order valence-corrected chi connectivity index (χ3v) is 2.46. The lowest BCUT2D eigenvalue weighted by molar-refractivity contribution is 0.437. The molecule has 5 heteroatoms. The van der Waals surface area contributed by atoms with Crippen LogP contribution in [0.3, 0.4) is 0 Å². The van der Waals surface area contributed by atoms with Gasteiger partial charge in [-0.3, -0.25) is 0 Å². The van der Waals surface area contributed by atoms with Crippen molar-refractivity contribution in [2.45, 2.75) is 20.3 Å². The molecular weight excluding hydrogens is 204 g/mol. The van der Waals surface area contributed by atoms with E-state index in [0.29, 0.717) is 11.8 Å². The van der Waals surface area contributed by atoms with Gasteiger partial charge in [0.1, 0.15) is 0 Å². The summed E-state index contributed by atoms with van der Waals surface area (Å²) in [5.41, 5.74) is 7.48. The lowest BCUT2D eigenvalue weighted by Gasteiger charge is -2.04. The fraction of sp³-hybridized carbons (Fsp3) is 0.455. The molecule has 0 fully saturated rings. The number of anilines is 1. The van der Waals surface area contributed by atoms with E-state index in [0.717, 1.165) is 23.5 Å². The number of hydrogen-bond donors (Lipinski definition) is 1. The van der Waals surface area contributed by atoms with Gasteiger partial charge < -0.3 is 14.8 Å². The van der Waals surface area contributed by atoms with Gasteiger partial charge in [0.2, 0.25) is 5.88 Å². The zero-order chi connectivity index (χ0) is 11.7. The van der Waals surface area contributed by atoms with Crippen molar-refractivity contribution >= 4 is 5.88 Å². The molecule has 2 heterocycles. The van der Waals surface area contributed by atoms with Crippen LogP contribution < -0.4 is 5.73 Å². The zero-order valence-corrected chi connectivity index (χ0v) is 9.77. The normalized spacial score (nSPS) is 11.2. The summed E-state index contributed by atoms with van der Waals surface area (Å²) in [7, 11) is 1.92. The van der Waals surface area contributed by atoms with Crippen LogP contribution in [-0.4, -0.2) is 14.7 Å². The number of nitrogens with zero attached hydrogens (tertiary/aromatic N) is 3. The summed E-state index contributed by atoms with van der Waals surface area (Å²) in [5, 5.41) is 3.99. The topological polar surface area (TPSA) is 69.9 Å². The first-order valence-corrected chi connectivity index (χ1v) is 5.31. The number of rotatable bonds is 3. The molecule has 0 aliphatic carbocycles. The number of aromatic nitrogens is 3. The lowest BCUT2D eigenvalue weighted by Crippen LogP contribution is -2.01. The largest absolute Gasteiger partial charge is 0.367 e. The lowest BCUT2D eigenvalue weighted by atomic mass is 10.0. The van der Waals surface area contributed by atoms with Gasteiger partial charge in [-0.15, -0.1) is 0 Å². The van der Waals surface area contributed by atoms with E-state index in [2.05, 4.69) is 24.0 Å². The molecule has 2 aromatic rings. The standard InChI is InChI=1S/C11H16N4O/c1-7(2)6-8-9(14-16-10(8)12)11-13-4-5-15(11)3/h4-5,7H,6,12H2,1-3H3. The second kappa shape index (κ2) is 4.00. The Kier molecular flexibility index (Phi) is 2.68. The Morgan fingerprint density at radius 1 is 1.50 bits per heavy atom. The first kappa shape index (κ1) is 10.7. The maximum atomic E-state index is 5.78. The zero-order valence-electron chi connectivity index (χ0n) is 9.77. The molecule has 0 aliphatic heterocycles. The molecule has 0 unspecified atom stereocenters. The van der Waals surface area contributed by atoms with Crippen molar-refractivity contribution in [2.75, 3.05) is 5.73 Å². The number of aryl methyl sites for hydroxylation is 1. The molecule has 0 spiro atoms. The fourth-order valence-corrected chi connectivity index (χ4v) is 1.70. The van der Waals surface area contributed by atoms with Crippen molar-refractivity contribution in [1.29, 1.82) is 0 Å². The van der Waals surface area contributed by atoms with E-state index in [-0.39, 0.29) is 0 Å². The molecule has 2 N–H and O–H groups in total. The van der Waals surface area contributed by atoms with Gasteiger partial charge in [-0.2, -0.15) is 0 Å². The van der Waals surface area contributed by atoms with Crippen LogP contribution in [0.1, 0.15) is 19.4 Å². The van der Waals surface area contributed by atoms with E-state index in [9.17, 15) is 0 Å². The molecule has 0 saturated carbocycles. The Bertz CT molecular complexity index is 484. The minimum Gasteiger partial charge on any atom is -0.367 e. The molecule has 16 heavy (non-hydrogen) atoms. The van der Waals surface area contributed by atoms with E-state index in [1.54, 1.807) is 6.20 Å². The first-order chi connectivity index (χ1) is 7.59. The summed E-state index contributed by atoms with van der Waals surface area (Å²) < 4.78 is 6.95. The molecule has 0 aromatic carbocycles. The summed E-state index contributed by atoms with van der Waals surface area (Å²) >= 11 is 0. The predicted octanol–water partition coefficient (Wildman–Crippen LogP) is 1.86. The summed E-state index contributed by atoms with van der Waals surface area (Å²) in [5.74, 6) is 1.68. The first-order valence-electron chi connectivity index (χ1n) is 5.31. The van der Waals surface area contributed by atoms with Gasteiger partial charge in [-0.25, -0.2) is 4.98 Å². The van der Waals surface area contributed by atoms with Crippen LogP contribution in [0.4, 0.5) is 5.88 Å². The predicted molar refractivity (Wildman–Crippen MR) is 61.7 cm³/mol. The van der Waals surface area contributed by atoms with Gasteiger partial charge in [0.15, 0.2) is 11.5 Å². The van der Waals surface area contributed by atoms with E-state index in [1.165, 1.54) is 0 Å². The van der Waals surface area contributed by atoms with Crippen LogP contribution in [-0.2, 0) is 13.5 Å². The van der Waals surface area contributed by atoms with Crippen LogP contribution in [0.5, 0.6) is 0 Å². The summed E-state index contributed by atoms with van der Waals surface area (Å²) in [6.07, 6.45) is 4.45. The molecular formula is C11H16N4O. The smallest absolute Gasteiger partial charge is 0.226 e. The number of nitrogen functional groups attached to an aromatic ring is 1. The Labute approximate surface area is 94.3 Å². The molecule has 0 atom stereocenters. The van der Waals surface area contributed by atoms with Gasteiger partial charge in [-0.1, -0.05) is 19.0 Å². The minimum absolute atomic E-state index is 0.395. The molecule has 2 rings (SSSR count). The third-order valence-electron chi connectivity index (χ3n) is 2.46. The van der Waals surface area contributed by atoms with E-state index >= 15 is 0 Å². The van der Waals surface area contributed by atoms with Gasteiger partial charge in [0, 0.05) is 25.0 Å². The van der Waals surface area contributed by atoms with Crippen molar-refractivity contribution in [3.05, 3.63) is 18.0 Å². The summed E-state index contributed by atoms with van der Waals surface area (Å²) in [4.78, 5) is 4.25. The molecule has 0 aliphatic rings. The molecule has 2 aromatic heterocycles. The maximum absolute atomic E-state index is 5.78. The second-order valence-corrected chi connectivity index (χ2v) is 4.33. The highest BCUT2D eigenvalue weighted by Crippen LogP contribution is 2.27. The van der Waals surface area contributed by atoms with Crippen molar-refractivity contribution < 1.29 is 4.52 Å². The Hall–Kier alpha value is -1.78. The van der Waals surface area contributed by atoms with Crippen LogP contribution >= 0.6 is 0 Å². The van der Waals surface area contributed by atoms with Crippen LogP contribution in [0.2, 0.25) is 0 Å². The Morgan fingerprint density at radius 2 is 2.25 bits per heavy atom. The van der Waals surface area contributed by atoms with E-state index in [4.69, 9.17) is 10.3 Å². The van der Waals surface area contributed by atoms with Crippen molar-refractivity contribution in [2.24, 2.45) is 13.0 Å². The second-order valence-electron chi connectivity index (χ2n) is 4.33. The monoisotopic (exact) mass is 220 g/mol. The highest BCUT2D eigenvalue weighted by Gasteiger charge is 2.19. The molecule has 5 nitrogen and oxygen atoms in total. The van der Waals surface area contributed by atoms with Crippen LogP contribution in [0, 0.1) is 5.92 Å². The highest BCUT2D eigenvalue weighted by molar-refractivity contribution is 5.61. The molecule has 86 valence electrons. The van der Waals surface area contributed by atoms with Crippen molar-refractivity contribution in [3.8, 4) is 11.5 Å². The molecule has 0 saturated heterocycles. The Morgan fingerprint density at radius 3 is 2.81 bits per heavy atom. The number of imidazole rings is 1. The quantitative estimate of drug-likeness (QED) is 0.857. The van der Waals surface area contributed by atoms with Crippen molar-refractivity contribution in [1.82, 2.24) is 14.7 Å². The van der Waals surface area contributed by atoms with E-state index < -0.39 is 0 Å². The fourth-order valence-electron chi connectivity index (χ4n) is 1.70. The number of nitrogens with two attached hydrogens (primary N) is 1. The van der Waals surface area contributed by atoms with Gasteiger partial charge >= 0.3 is 0 Å². The summed E-state index contributed by atoms with van der Waals surface area (Å²) in [6, 6.07) is 0. The molecule has 0 bridgehead atoms. The average molecular weight is 220 g/mol. The van der Waals surface area contributed by atoms with Crippen LogP contribution in [0.15, 0.2) is 16.9 Å². The molecule has 0 radical (unpaired) electrons. The average Bonchev–Trinajstić information content (AvgIpc) is 2.75. The van der Waals surface area contributed by atoms with Gasteiger partial charge in [-0.05, 0) is 12.3 Å². The van der Waals surface area contributed by atoms with Crippen LogP contribution in [0.25, 0.3) is 11.5 Å². The highest BCUT2D eigenvalue weighted by atomic mass is 16.5. The number of hydrogen-bond acceptors (Lipinski definition) is 4. The SMILES string of the molecule is CC(C)Cc1c(-c2nccn2C)noc1N. The van der Waals surface area contributed by atoms with Gasteiger partial charge in [0.05, 0.1) is 0 Å². The molecule has 0 amide bonds. The minimum atomic E-state index is 0.395. The van der Waals surface area contributed by atoms with Gasteiger partial charge in [0.25, 0.3) is 0 Å². The van der Waals surface area contributed by atoms with Crippen molar-refractivity contribution in [3.63, 3.8) is 0 Å². The van der Waals surface area contributed by atoms with E-state index in [1.807, 2.05) is 17.8 Å². The maximum Gasteiger partial charge on any atom is 0.226 e. The Balaban J connectivity index is 2.46.